The van der Waals surface area contributed by atoms with Crippen LogP contribution < -0.4 is 15.0 Å². The molecular weight excluding hydrogens is 388 g/mol. The van der Waals surface area contributed by atoms with Gasteiger partial charge in [-0.2, -0.15) is 0 Å². The van der Waals surface area contributed by atoms with Crippen LogP contribution in [0.15, 0.2) is 78.5 Å². The molecule has 0 aliphatic carbocycles. The fourth-order valence-corrected chi connectivity index (χ4v) is 3.65. The quantitative estimate of drug-likeness (QED) is 0.573. The third kappa shape index (κ3) is 3.82. The molecule has 1 aliphatic heterocycles. The number of benzene rings is 3. The summed E-state index contributed by atoms with van der Waals surface area (Å²) in [6.07, 6.45) is 0. The number of hydrogen-bond donors (Lipinski definition) is 1. The average molecular weight is 412 g/mol. The molecule has 0 fully saturated rings. The van der Waals surface area contributed by atoms with Crippen LogP contribution in [0, 0.1) is 13.8 Å². The molecule has 31 heavy (non-hydrogen) atoms. The number of amides is 2. The lowest BCUT2D eigenvalue weighted by atomic mass is 10.0. The predicted octanol–water partition coefficient (Wildman–Crippen LogP) is 5.10. The maximum absolute atomic E-state index is 13.5. The fourth-order valence-electron chi connectivity index (χ4n) is 3.65. The topological polar surface area (TPSA) is 58.6 Å². The summed E-state index contributed by atoms with van der Waals surface area (Å²) in [6, 6.07) is 22.2. The standard InChI is InChI=1S/C26H24N2O3/c1-4-31-21-14-9-13-20(16-21)28-25(29)23(19-11-6-5-7-12-19)24(26(28)30)27-22-15-8-10-17(2)18(22)3/h5-16,27H,4H2,1-3H3. The molecule has 156 valence electrons. The zero-order valence-corrected chi connectivity index (χ0v) is 17.8. The van der Waals surface area contributed by atoms with Crippen molar-refractivity contribution in [3.05, 3.63) is 95.2 Å². The minimum atomic E-state index is -0.390. The maximum atomic E-state index is 13.5. The molecule has 4 rings (SSSR count). The molecule has 0 unspecified atom stereocenters. The number of ether oxygens (including phenoxy) is 1. The first-order valence-corrected chi connectivity index (χ1v) is 10.3. The Morgan fingerprint density at radius 3 is 2.35 bits per heavy atom. The highest BCUT2D eigenvalue weighted by Gasteiger charge is 2.40. The van der Waals surface area contributed by atoms with Crippen LogP contribution in [0.2, 0.25) is 0 Å². The van der Waals surface area contributed by atoms with Gasteiger partial charge in [-0.1, -0.05) is 48.5 Å². The molecule has 1 aliphatic rings. The average Bonchev–Trinajstić information content (AvgIpc) is 3.02. The van der Waals surface area contributed by atoms with Crippen molar-refractivity contribution in [2.75, 3.05) is 16.8 Å². The van der Waals surface area contributed by atoms with E-state index >= 15 is 0 Å². The normalized spacial score (nSPS) is 13.7. The molecule has 0 radical (unpaired) electrons. The van der Waals surface area contributed by atoms with Crippen LogP contribution in [0.25, 0.3) is 5.57 Å². The third-order valence-corrected chi connectivity index (χ3v) is 5.40. The Balaban J connectivity index is 1.81. The van der Waals surface area contributed by atoms with Gasteiger partial charge in [0, 0.05) is 11.8 Å². The van der Waals surface area contributed by atoms with Crippen molar-refractivity contribution in [2.24, 2.45) is 0 Å². The minimum Gasteiger partial charge on any atom is -0.494 e. The SMILES string of the molecule is CCOc1cccc(N2C(=O)C(Nc3cccc(C)c3C)=C(c3ccccc3)C2=O)c1. The molecule has 0 aromatic heterocycles. The second kappa shape index (κ2) is 8.48. The van der Waals surface area contributed by atoms with E-state index in [-0.39, 0.29) is 11.6 Å². The first kappa shape index (κ1) is 20.4. The van der Waals surface area contributed by atoms with Crippen LogP contribution in [-0.4, -0.2) is 18.4 Å². The van der Waals surface area contributed by atoms with Gasteiger partial charge in [0.15, 0.2) is 0 Å². The lowest BCUT2D eigenvalue weighted by Crippen LogP contribution is -2.32. The van der Waals surface area contributed by atoms with Crippen LogP contribution in [0.5, 0.6) is 5.75 Å². The Labute approximate surface area is 182 Å². The van der Waals surface area contributed by atoms with Crippen LogP contribution in [0.4, 0.5) is 11.4 Å². The van der Waals surface area contributed by atoms with Gasteiger partial charge < -0.3 is 10.1 Å². The number of nitrogens with zero attached hydrogens (tertiary/aromatic N) is 1. The van der Waals surface area contributed by atoms with Gasteiger partial charge in [0.2, 0.25) is 0 Å². The number of hydrogen-bond acceptors (Lipinski definition) is 4. The van der Waals surface area contributed by atoms with E-state index in [0.717, 1.165) is 16.8 Å². The summed E-state index contributed by atoms with van der Waals surface area (Å²) < 4.78 is 5.56. The number of carbonyl (C=O) groups is 2. The van der Waals surface area contributed by atoms with E-state index < -0.39 is 5.91 Å². The van der Waals surface area contributed by atoms with E-state index in [1.165, 1.54) is 4.90 Å². The Morgan fingerprint density at radius 2 is 1.61 bits per heavy atom. The summed E-state index contributed by atoms with van der Waals surface area (Å²) in [5, 5.41) is 3.25. The van der Waals surface area contributed by atoms with Gasteiger partial charge >= 0.3 is 0 Å². The molecule has 5 heteroatoms. The molecule has 0 saturated heterocycles. The highest BCUT2D eigenvalue weighted by Crippen LogP contribution is 2.35. The van der Waals surface area contributed by atoms with Gasteiger partial charge in [-0.3, -0.25) is 9.59 Å². The van der Waals surface area contributed by atoms with Gasteiger partial charge in [-0.05, 0) is 55.7 Å². The highest BCUT2D eigenvalue weighted by atomic mass is 16.5. The van der Waals surface area contributed by atoms with Gasteiger partial charge in [-0.25, -0.2) is 4.90 Å². The van der Waals surface area contributed by atoms with Crippen LogP contribution in [0.3, 0.4) is 0 Å². The molecule has 3 aromatic rings. The van der Waals surface area contributed by atoms with Crippen LogP contribution in [-0.2, 0) is 9.59 Å². The van der Waals surface area contributed by atoms with E-state index in [9.17, 15) is 9.59 Å². The van der Waals surface area contributed by atoms with Crippen molar-refractivity contribution >= 4 is 28.8 Å². The molecule has 0 saturated carbocycles. The number of imide groups is 1. The van der Waals surface area contributed by atoms with Crippen LogP contribution >= 0.6 is 0 Å². The van der Waals surface area contributed by atoms with Crippen molar-refractivity contribution < 1.29 is 14.3 Å². The molecule has 1 N–H and O–H groups in total. The van der Waals surface area contributed by atoms with E-state index in [1.54, 1.807) is 24.3 Å². The first-order valence-electron chi connectivity index (χ1n) is 10.3. The summed E-state index contributed by atoms with van der Waals surface area (Å²) in [7, 11) is 0. The van der Waals surface area contributed by atoms with E-state index in [1.807, 2.05) is 69.3 Å². The Morgan fingerprint density at radius 1 is 0.871 bits per heavy atom. The van der Waals surface area contributed by atoms with Crippen molar-refractivity contribution in [1.29, 1.82) is 0 Å². The molecular formula is C26H24N2O3. The van der Waals surface area contributed by atoms with Gasteiger partial charge in [0.25, 0.3) is 11.8 Å². The third-order valence-electron chi connectivity index (χ3n) is 5.40. The van der Waals surface area contributed by atoms with Gasteiger partial charge in [-0.15, -0.1) is 0 Å². The minimum absolute atomic E-state index is 0.270. The summed E-state index contributed by atoms with van der Waals surface area (Å²) in [4.78, 5) is 28.2. The largest absolute Gasteiger partial charge is 0.494 e. The predicted molar refractivity (Wildman–Crippen MR) is 123 cm³/mol. The number of aryl methyl sites for hydroxylation is 1. The monoisotopic (exact) mass is 412 g/mol. The number of rotatable bonds is 6. The Kier molecular flexibility index (Phi) is 5.58. The Hall–Kier alpha value is -3.86. The lowest BCUT2D eigenvalue weighted by molar-refractivity contribution is -0.120. The lowest BCUT2D eigenvalue weighted by Gasteiger charge is -2.17. The first-order chi connectivity index (χ1) is 15.0. The molecule has 0 bridgehead atoms. The molecule has 2 amide bonds. The summed E-state index contributed by atoms with van der Waals surface area (Å²) in [6.45, 7) is 6.39. The number of carbonyl (C=O) groups excluding carboxylic acids is 2. The van der Waals surface area contributed by atoms with Crippen molar-refractivity contribution in [2.45, 2.75) is 20.8 Å². The zero-order valence-electron chi connectivity index (χ0n) is 17.8. The van der Waals surface area contributed by atoms with E-state index in [0.29, 0.717) is 29.2 Å². The molecule has 0 atom stereocenters. The van der Waals surface area contributed by atoms with E-state index in [2.05, 4.69) is 5.32 Å². The summed E-state index contributed by atoms with van der Waals surface area (Å²) >= 11 is 0. The van der Waals surface area contributed by atoms with Crippen molar-refractivity contribution in [1.82, 2.24) is 0 Å². The number of anilines is 2. The second-order valence-electron chi connectivity index (χ2n) is 7.36. The molecule has 0 spiro atoms. The van der Waals surface area contributed by atoms with Crippen LogP contribution in [0.1, 0.15) is 23.6 Å². The van der Waals surface area contributed by atoms with Crippen molar-refractivity contribution in [3.8, 4) is 5.75 Å². The summed E-state index contributed by atoms with van der Waals surface area (Å²) in [5.74, 6) is -0.145. The second-order valence-corrected chi connectivity index (χ2v) is 7.36. The zero-order chi connectivity index (χ0) is 22.0. The Bertz CT molecular complexity index is 1180. The fraction of sp³-hybridized carbons (Fsp3) is 0.154. The van der Waals surface area contributed by atoms with Gasteiger partial charge in [0.1, 0.15) is 11.4 Å². The molecule has 3 aromatic carbocycles. The highest BCUT2D eigenvalue weighted by molar-refractivity contribution is 6.46. The van der Waals surface area contributed by atoms with E-state index in [4.69, 9.17) is 4.74 Å². The summed E-state index contributed by atoms with van der Waals surface area (Å²) in [5.41, 5.74) is 4.73. The molecule has 5 nitrogen and oxygen atoms in total. The smallest absolute Gasteiger partial charge is 0.282 e. The molecule has 1 heterocycles. The van der Waals surface area contributed by atoms with Crippen molar-refractivity contribution in [3.63, 3.8) is 0 Å². The number of nitrogens with one attached hydrogen (secondary N) is 1. The van der Waals surface area contributed by atoms with Gasteiger partial charge in [0.05, 0.1) is 17.9 Å². The maximum Gasteiger partial charge on any atom is 0.282 e.